The van der Waals surface area contributed by atoms with Crippen LogP contribution in [0.15, 0.2) is 53.4 Å². The Morgan fingerprint density at radius 2 is 1.71 bits per heavy atom. The normalized spacial score (nSPS) is 16.6. The first kappa shape index (κ1) is 23.0. The number of hydrogen-bond donors (Lipinski definition) is 2. The topological polar surface area (TPSA) is 125 Å². The molecule has 3 aromatic rings. The van der Waals surface area contributed by atoms with Gasteiger partial charge in [0.25, 0.3) is 5.91 Å². The minimum absolute atomic E-state index is 0.0894. The molecule has 35 heavy (non-hydrogen) atoms. The van der Waals surface area contributed by atoms with Crippen molar-refractivity contribution in [2.75, 3.05) is 43.4 Å². The number of hydrogen-bond acceptors (Lipinski definition) is 7. The highest BCUT2D eigenvalue weighted by Gasteiger charge is 2.34. The smallest absolute Gasteiger partial charge is 0.256 e. The molecule has 2 N–H and O–H groups in total. The predicted molar refractivity (Wildman–Crippen MR) is 130 cm³/mol. The maximum absolute atomic E-state index is 13.1. The van der Waals surface area contributed by atoms with E-state index in [1.807, 2.05) is 18.2 Å². The molecule has 0 spiro atoms. The molecule has 11 heteroatoms. The number of anilines is 2. The van der Waals surface area contributed by atoms with E-state index in [9.17, 15) is 13.2 Å². The first-order chi connectivity index (χ1) is 16.8. The summed E-state index contributed by atoms with van der Waals surface area (Å²) in [4.78, 5) is 17.6. The van der Waals surface area contributed by atoms with Gasteiger partial charge in [0.2, 0.25) is 10.0 Å². The van der Waals surface area contributed by atoms with Crippen LogP contribution < -0.4 is 10.2 Å². The molecule has 0 radical (unpaired) electrons. The minimum Gasteiger partial charge on any atom is -0.369 e. The molecule has 0 bridgehead atoms. The lowest BCUT2D eigenvalue weighted by Gasteiger charge is -2.34. The SMILES string of the molecule is CN1CCN(c2ccc(C(=O)Nc3n[nH]c4c3CN(S(=O)(=O)c3ccc(C#N)cc3)C4)cc2)CC1. The highest BCUT2D eigenvalue weighted by atomic mass is 32.2. The number of aromatic amines is 1. The molecule has 2 aliphatic rings. The average Bonchev–Trinajstić information content (AvgIpc) is 3.47. The molecule has 2 aliphatic heterocycles. The summed E-state index contributed by atoms with van der Waals surface area (Å²) >= 11 is 0. The van der Waals surface area contributed by atoms with Gasteiger partial charge in [0, 0.05) is 49.5 Å². The molecule has 0 aliphatic carbocycles. The maximum Gasteiger partial charge on any atom is 0.256 e. The molecule has 180 valence electrons. The van der Waals surface area contributed by atoms with Crippen molar-refractivity contribution in [1.29, 1.82) is 5.26 Å². The Bertz CT molecular complexity index is 1380. The lowest BCUT2D eigenvalue weighted by atomic mass is 10.1. The van der Waals surface area contributed by atoms with Crippen molar-refractivity contribution in [2.45, 2.75) is 18.0 Å². The van der Waals surface area contributed by atoms with Crippen LogP contribution in [0.1, 0.15) is 27.2 Å². The number of fused-ring (bicyclic) bond motifs is 1. The number of carbonyl (C=O) groups is 1. The molecule has 1 amide bonds. The average molecular weight is 492 g/mol. The molecule has 0 saturated carbocycles. The zero-order valence-electron chi connectivity index (χ0n) is 19.2. The van der Waals surface area contributed by atoms with Gasteiger partial charge < -0.3 is 15.1 Å². The number of carbonyl (C=O) groups excluding carboxylic acids is 1. The minimum atomic E-state index is -3.76. The summed E-state index contributed by atoms with van der Waals surface area (Å²) in [5, 5.41) is 18.8. The van der Waals surface area contributed by atoms with Gasteiger partial charge in [-0.25, -0.2) is 8.42 Å². The Hall–Kier alpha value is -3.72. The molecule has 0 unspecified atom stereocenters. The van der Waals surface area contributed by atoms with Crippen LogP contribution in [0, 0.1) is 11.3 Å². The number of aromatic nitrogens is 2. The van der Waals surface area contributed by atoms with Gasteiger partial charge in [0.05, 0.1) is 28.8 Å². The highest BCUT2D eigenvalue weighted by molar-refractivity contribution is 7.89. The summed E-state index contributed by atoms with van der Waals surface area (Å²) in [5.74, 6) is 0.0169. The third kappa shape index (κ3) is 4.51. The first-order valence-corrected chi connectivity index (χ1v) is 12.7. The quantitative estimate of drug-likeness (QED) is 0.559. The third-order valence-electron chi connectivity index (χ3n) is 6.47. The van der Waals surface area contributed by atoms with E-state index in [2.05, 4.69) is 32.4 Å². The Kier molecular flexibility index (Phi) is 6.02. The van der Waals surface area contributed by atoms with Crippen molar-refractivity contribution in [3.63, 3.8) is 0 Å². The number of rotatable bonds is 5. The Morgan fingerprint density at radius 1 is 1.03 bits per heavy atom. The van der Waals surface area contributed by atoms with E-state index < -0.39 is 10.0 Å². The monoisotopic (exact) mass is 491 g/mol. The fourth-order valence-electron chi connectivity index (χ4n) is 4.30. The number of nitrogens with one attached hydrogen (secondary N) is 2. The zero-order valence-corrected chi connectivity index (χ0v) is 20.0. The lowest BCUT2D eigenvalue weighted by molar-refractivity contribution is 0.102. The summed E-state index contributed by atoms with van der Waals surface area (Å²) in [7, 11) is -1.65. The van der Waals surface area contributed by atoms with Crippen LogP contribution in [0.2, 0.25) is 0 Å². The van der Waals surface area contributed by atoms with Crippen molar-refractivity contribution in [1.82, 2.24) is 19.4 Å². The van der Waals surface area contributed by atoms with Crippen molar-refractivity contribution >= 4 is 27.4 Å². The van der Waals surface area contributed by atoms with Crippen LogP contribution in [-0.2, 0) is 23.1 Å². The summed E-state index contributed by atoms with van der Waals surface area (Å²) < 4.78 is 27.4. The van der Waals surface area contributed by atoms with Crippen LogP contribution in [0.4, 0.5) is 11.5 Å². The fraction of sp³-hybridized carbons (Fsp3) is 0.292. The molecule has 0 atom stereocenters. The van der Waals surface area contributed by atoms with Gasteiger partial charge in [0.1, 0.15) is 0 Å². The van der Waals surface area contributed by atoms with E-state index in [-0.39, 0.29) is 23.9 Å². The van der Waals surface area contributed by atoms with E-state index in [0.29, 0.717) is 28.2 Å². The molecule has 5 rings (SSSR count). The number of sulfonamides is 1. The number of benzene rings is 2. The largest absolute Gasteiger partial charge is 0.369 e. The second-order valence-electron chi connectivity index (χ2n) is 8.73. The zero-order chi connectivity index (χ0) is 24.6. The first-order valence-electron chi connectivity index (χ1n) is 11.3. The molecule has 3 heterocycles. The summed E-state index contributed by atoms with van der Waals surface area (Å²) in [5.41, 5.74) is 3.26. The Morgan fingerprint density at radius 3 is 2.37 bits per heavy atom. The van der Waals surface area contributed by atoms with Crippen molar-refractivity contribution in [2.24, 2.45) is 0 Å². The number of likely N-dealkylation sites (N-methyl/N-ethyl adjacent to an activating group) is 1. The number of H-pyrrole nitrogens is 1. The van der Waals surface area contributed by atoms with Gasteiger partial charge in [-0.05, 0) is 55.6 Å². The number of piperazine rings is 1. The van der Waals surface area contributed by atoms with Crippen molar-refractivity contribution in [3.05, 3.63) is 70.9 Å². The highest BCUT2D eigenvalue weighted by Crippen LogP contribution is 2.32. The molecule has 1 fully saturated rings. The molecular weight excluding hydrogens is 466 g/mol. The molecule has 1 saturated heterocycles. The molecule has 10 nitrogen and oxygen atoms in total. The molecule has 1 aromatic heterocycles. The van der Waals surface area contributed by atoms with Gasteiger partial charge in [-0.2, -0.15) is 14.7 Å². The van der Waals surface area contributed by atoms with Crippen LogP contribution in [0.5, 0.6) is 0 Å². The lowest BCUT2D eigenvalue weighted by Crippen LogP contribution is -2.44. The predicted octanol–water partition coefficient (Wildman–Crippen LogP) is 1.99. The molecular formula is C24H25N7O3S. The Balaban J connectivity index is 1.26. The van der Waals surface area contributed by atoms with E-state index in [1.54, 1.807) is 12.1 Å². The summed E-state index contributed by atoms with van der Waals surface area (Å²) in [6.45, 7) is 4.12. The van der Waals surface area contributed by atoms with E-state index in [4.69, 9.17) is 5.26 Å². The fourth-order valence-corrected chi connectivity index (χ4v) is 5.68. The van der Waals surface area contributed by atoms with E-state index in [0.717, 1.165) is 31.9 Å². The standard InChI is InChI=1S/C24H25N7O3S/c1-29-10-12-30(13-11-29)19-6-4-18(5-7-19)24(32)26-23-21-15-31(16-22(21)27-28-23)35(33,34)20-8-2-17(14-25)3-9-20/h2-9H,10-13,15-16H2,1H3,(H2,26,27,28,32). The number of nitriles is 1. The summed E-state index contributed by atoms with van der Waals surface area (Å²) in [6, 6.07) is 15.3. The van der Waals surface area contributed by atoms with E-state index in [1.165, 1.54) is 28.6 Å². The van der Waals surface area contributed by atoms with Crippen LogP contribution in [0.3, 0.4) is 0 Å². The van der Waals surface area contributed by atoms with Gasteiger partial charge in [-0.1, -0.05) is 0 Å². The Labute approximate surface area is 203 Å². The van der Waals surface area contributed by atoms with Gasteiger partial charge in [-0.15, -0.1) is 0 Å². The number of amides is 1. The summed E-state index contributed by atoms with van der Waals surface area (Å²) in [6.07, 6.45) is 0. The second-order valence-corrected chi connectivity index (χ2v) is 10.7. The van der Waals surface area contributed by atoms with Crippen LogP contribution in [0.25, 0.3) is 0 Å². The second kappa shape index (κ2) is 9.14. The van der Waals surface area contributed by atoms with Gasteiger partial charge >= 0.3 is 0 Å². The van der Waals surface area contributed by atoms with E-state index >= 15 is 0 Å². The van der Waals surface area contributed by atoms with Gasteiger partial charge in [-0.3, -0.25) is 9.89 Å². The van der Waals surface area contributed by atoms with Crippen LogP contribution in [-0.4, -0.2) is 67.0 Å². The third-order valence-corrected chi connectivity index (χ3v) is 8.28. The van der Waals surface area contributed by atoms with Crippen molar-refractivity contribution < 1.29 is 13.2 Å². The van der Waals surface area contributed by atoms with Crippen molar-refractivity contribution in [3.8, 4) is 6.07 Å². The van der Waals surface area contributed by atoms with Gasteiger partial charge in [0.15, 0.2) is 5.82 Å². The van der Waals surface area contributed by atoms with Crippen LogP contribution >= 0.6 is 0 Å². The maximum atomic E-state index is 13.1. The number of nitrogens with zero attached hydrogens (tertiary/aromatic N) is 5. The molecule has 2 aromatic carbocycles.